The van der Waals surface area contributed by atoms with E-state index >= 15 is 0 Å². The van der Waals surface area contributed by atoms with Gasteiger partial charge in [0.25, 0.3) is 0 Å². The minimum atomic E-state index is 0.826. The molecule has 0 unspecified atom stereocenters. The van der Waals surface area contributed by atoms with Crippen molar-refractivity contribution in [3.05, 3.63) is 17.5 Å². The van der Waals surface area contributed by atoms with Crippen molar-refractivity contribution in [2.24, 2.45) is 7.05 Å². The molecular weight excluding hydrogens is 224 g/mol. The highest BCUT2D eigenvalue weighted by Crippen LogP contribution is 2.21. The molecule has 0 atom stereocenters. The van der Waals surface area contributed by atoms with E-state index in [1.807, 2.05) is 17.9 Å². The number of hydrogen-bond acceptors (Lipinski definition) is 3. The van der Waals surface area contributed by atoms with E-state index in [1.165, 1.54) is 36.9 Å². The second-order valence-corrected chi connectivity index (χ2v) is 5.47. The molecule has 4 nitrogen and oxygen atoms in total. The van der Waals surface area contributed by atoms with Gasteiger partial charge >= 0.3 is 0 Å². The first-order valence-electron chi connectivity index (χ1n) is 7.07. The van der Waals surface area contributed by atoms with Gasteiger partial charge in [-0.25, -0.2) is 0 Å². The summed E-state index contributed by atoms with van der Waals surface area (Å²) >= 11 is 0. The molecule has 4 heteroatoms. The van der Waals surface area contributed by atoms with E-state index in [1.54, 1.807) is 0 Å². The van der Waals surface area contributed by atoms with Gasteiger partial charge in [0.1, 0.15) is 0 Å². The van der Waals surface area contributed by atoms with Crippen LogP contribution in [0.3, 0.4) is 0 Å². The minimum absolute atomic E-state index is 0.826. The van der Waals surface area contributed by atoms with Crippen LogP contribution in [-0.2, 0) is 13.6 Å². The first-order valence-corrected chi connectivity index (χ1v) is 7.07. The van der Waals surface area contributed by atoms with Gasteiger partial charge in [-0.05, 0) is 26.8 Å². The Kier molecular flexibility index (Phi) is 4.78. The van der Waals surface area contributed by atoms with E-state index in [4.69, 9.17) is 0 Å². The molecule has 0 radical (unpaired) electrons. The number of hydrogen-bond donors (Lipinski definition) is 1. The van der Waals surface area contributed by atoms with Crippen LogP contribution in [0, 0.1) is 6.92 Å². The predicted molar refractivity (Wildman–Crippen MR) is 74.5 cm³/mol. The second-order valence-electron chi connectivity index (χ2n) is 5.47. The highest BCUT2D eigenvalue weighted by Gasteiger charge is 2.18. The van der Waals surface area contributed by atoms with Crippen molar-refractivity contribution in [2.45, 2.75) is 45.2 Å². The van der Waals surface area contributed by atoms with E-state index < -0.39 is 0 Å². The van der Waals surface area contributed by atoms with E-state index in [0.717, 1.165) is 25.7 Å². The summed E-state index contributed by atoms with van der Waals surface area (Å²) in [7, 11) is 4.25. The molecule has 1 aliphatic rings. The SMILES string of the molecule is Cc1c(CNCCN(C)C2CCCC2)cnn1C. The third-order valence-electron chi connectivity index (χ3n) is 4.24. The lowest BCUT2D eigenvalue weighted by Gasteiger charge is -2.23. The zero-order valence-corrected chi connectivity index (χ0v) is 11.9. The number of nitrogens with one attached hydrogen (secondary N) is 1. The Labute approximate surface area is 110 Å². The molecule has 18 heavy (non-hydrogen) atoms. The molecule has 0 bridgehead atoms. The summed E-state index contributed by atoms with van der Waals surface area (Å²) in [6.07, 6.45) is 7.56. The Balaban J connectivity index is 1.65. The van der Waals surface area contributed by atoms with E-state index in [2.05, 4.69) is 29.3 Å². The number of nitrogens with zero attached hydrogens (tertiary/aromatic N) is 3. The van der Waals surface area contributed by atoms with Crippen LogP contribution in [0.5, 0.6) is 0 Å². The molecule has 2 rings (SSSR count). The number of rotatable bonds is 6. The van der Waals surface area contributed by atoms with Crippen LogP contribution in [-0.4, -0.2) is 40.9 Å². The van der Waals surface area contributed by atoms with Crippen LogP contribution >= 0.6 is 0 Å². The summed E-state index contributed by atoms with van der Waals surface area (Å²) < 4.78 is 1.93. The van der Waals surface area contributed by atoms with Gasteiger partial charge in [-0.3, -0.25) is 4.68 Å². The Morgan fingerprint density at radius 2 is 2.17 bits per heavy atom. The summed E-state index contributed by atoms with van der Waals surface area (Å²) in [6.45, 7) is 5.25. The van der Waals surface area contributed by atoms with Gasteiger partial charge in [0.05, 0.1) is 6.20 Å². The lowest BCUT2D eigenvalue weighted by atomic mass is 10.2. The molecule has 1 N–H and O–H groups in total. The minimum Gasteiger partial charge on any atom is -0.311 e. The van der Waals surface area contributed by atoms with Gasteiger partial charge < -0.3 is 10.2 Å². The van der Waals surface area contributed by atoms with Gasteiger partial charge in [0.2, 0.25) is 0 Å². The average Bonchev–Trinajstić information content (AvgIpc) is 2.99. The number of likely N-dealkylation sites (N-methyl/N-ethyl adjacent to an activating group) is 1. The molecule has 1 fully saturated rings. The van der Waals surface area contributed by atoms with Gasteiger partial charge in [-0.1, -0.05) is 12.8 Å². The number of aryl methyl sites for hydroxylation is 1. The Morgan fingerprint density at radius 3 is 2.78 bits per heavy atom. The monoisotopic (exact) mass is 250 g/mol. The third-order valence-corrected chi connectivity index (χ3v) is 4.24. The van der Waals surface area contributed by atoms with Crippen molar-refractivity contribution in [3.8, 4) is 0 Å². The van der Waals surface area contributed by atoms with Crippen LogP contribution in [0.25, 0.3) is 0 Å². The maximum absolute atomic E-state index is 4.26. The maximum Gasteiger partial charge on any atom is 0.0537 e. The molecule has 1 aromatic heterocycles. The van der Waals surface area contributed by atoms with Gasteiger partial charge in [0.15, 0.2) is 0 Å². The summed E-state index contributed by atoms with van der Waals surface area (Å²) in [6, 6.07) is 0.826. The van der Waals surface area contributed by atoms with Crippen molar-refractivity contribution in [1.82, 2.24) is 20.0 Å². The Hall–Kier alpha value is -0.870. The smallest absolute Gasteiger partial charge is 0.0537 e. The quantitative estimate of drug-likeness (QED) is 0.780. The van der Waals surface area contributed by atoms with Gasteiger partial charge in [0, 0.05) is 44.0 Å². The molecule has 1 aromatic rings. The first kappa shape index (κ1) is 13.6. The van der Waals surface area contributed by atoms with Crippen molar-refractivity contribution in [3.63, 3.8) is 0 Å². The maximum atomic E-state index is 4.26. The molecule has 0 spiro atoms. The fourth-order valence-electron chi connectivity index (χ4n) is 2.72. The Morgan fingerprint density at radius 1 is 1.44 bits per heavy atom. The van der Waals surface area contributed by atoms with Crippen molar-refractivity contribution < 1.29 is 0 Å². The van der Waals surface area contributed by atoms with Crippen molar-refractivity contribution >= 4 is 0 Å². The molecule has 0 aromatic carbocycles. The first-order chi connectivity index (χ1) is 8.68. The van der Waals surface area contributed by atoms with Crippen LogP contribution in [0.15, 0.2) is 6.20 Å². The molecule has 0 amide bonds. The fourth-order valence-corrected chi connectivity index (χ4v) is 2.72. The predicted octanol–water partition coefficient (Wildman–Crippen LogP) is 1.69. The van der Waals surface area contributed by atoms with Crippen molar-refractivity contribution in [1.29, 1.82) is 0 Å². The standard InChI is InChI=1S/C14H26N4/c1-12-13(11-16-18(12)3)10-15-8-9-17(2)14-6-4-5-7-14/h11,14-15H,4-10H2,1-3H3. The molecule has 102 valence electrons. The summed E-state index contributed by atoms with van der Waals surface area (Å²) in [4.78, 5) is 2.51. The molecule has 1 aliphatic carbocycles. The third kappa shape index (κ3) is 3.33. The van der Waals surface area contributed by atoms with Crippen LogP contribution in [0.4, 0.5) is 0 Å². The normalized spacial score (nSPS) is 16.9. The Bertz CT molecular complexity index is 366. The van der Waals surface area contributed by atoms with E-state index in [9.17, 15) is 0 Å². The molecule has 0 aliphatic heterocycles. The van der Waals surface area contributed by atoms with Crippen LogP contribution in [0.1, 0.15) is 36.9 Å². The molecule has 1 saturated carbocycles. The zero-order valence-electron chi connectivity index (χ0n) is 11.9. The molecular formula is C14H26N4. The highest BCUT2D eigenvalue weighted by atomic mass is 15.3. The van der Waals surface area contributed by atoms with Gasteiger partial charge in [-0.2, -0.15) is 5.10 Å². The van der Waals surface area contributed by atoms with Crippen LogP contribution < -0.4 is 5.32 Å². The second kappa shape index (κ2) is 6.34. The topological polar surface area (TPSA) is 33.1 Å². The highest BCUT2D eigenvalue weighted by molar-refractivity contribution is 5.15. The average molecular weight is 250 g/mol. The van der Waals surface area contributed by atoms with E-state index in [-0.39, 0.29) is 0 Å². The van der Waals surface area contributed by atoms with Crippen LogP contribution in [0.2, 0.25) is 0 Å². The molecule has 0 saturated heterocycles. The largest absolute Gasteiger partial charge is 0.311 e. The van der Waals surface area contributed by atoms with Gasteiger partial charge in [-0.15, -0.1) is 0 Å². The summed E-state index contributed by atoms with van der Waals surface area (Å²) in [5.74, 6) is 0. The summed E-state index contributed by atoms with van der Waals surface area (Å²) in [5, 5.41) is 7.77. The molecule has 1 heterocycles. The van der Waals surface area contributed by atoms with E-state index in [0.29, 0.717) is 0 Å². The summed E-state index contributed by atoms with van der Waals surface area (Å²) in [5.41, 5.74) is 2.56. The van der Waals surface area contributed by atoms with Crippen molar-refractivity contribution in [2.75, 3.05) is 20.1 Å². The fraction of sp³-hybridized carbons (Fsp3) is 0.786. The zero-order chi connectivity index (χ0) is 13.0. The number of aromatic nitrogens is 2. The lowest BCUT2D eigenvalue weighted by Crippen LogP contribution is -2.35. The lowest BCUT2D eigenvalue weighted by molar-refractivity contribution is 0.245.